The molecule has 9 heteroatoms. The number of carboxylic acids is 2. The number of carbonyl (C=O) groups is 2. The van der Waals surface area contributed by atoms with Crippen molar-refractivity contribution >= 4 is 11.9 Å². The van der Waals surface area contributed by atoms with Crippen molar-refractivity contribution in [2.45, 2.75) is 45.2 Å². The summed E-state index contributed by atoms with van der Waals surface area (Å²) in [6.45, 7) is 8.15. The van der Waals surface area contributed by atoms with Gasteiger partial charge in [0.1, 0.15) is 5.75 Å². The van der Waals surface area contributed by atoms with Gasteiger partial charge in [-0.3, -0.25) is 4.90 Å². The standard InChI is InChI=1S/C21H34N2O3.C2H2O4/c1-16-5-11-23(12-6-16)18-7-9-22(10-8-18)15-17-13-20(25-3)21(26-4)14-19(17)24-2;3-1(4)2(5)6/h13-14,16,18H,5-12,15H2,1-4H3;(H,3,4)(H,5,6). The number of hydrogen-bond acceptors (Lipinski definition) is 7. The maximum Gasteiger partial charge on any atom is 0.414 e. The molecule has 0 aromatic heterocycles. The SMILES string of the molecule is COc1cc(OC)c(OC)cc1CN1CCC(N2CCC(C)CC2)CC1.O=C(O)C(=O)O. The average Bonchev–Trinajstić information content (AvgIpc) is 2.80. The normalized spacial score (nSPS) is 18.4. The van der Waals surface area contributed by atoms with Gasteiger partial charge in [0, 0.05) is 24.2 Å². The van der Waals surface area contributed by atoms with Crippen LogP contribution in [0.2, 0.25) is 0 Å². The van der Waals surface area contributed by atoms with Crippen molar-refractivity contribution in [1.29, 1.82) is 0 Å². The van der Waals surface area contributed by atoms with Gasteiger partial charge >= 0.3 is 11.9 Å². The summed E-state index contributed by atoms with van der Waals surface area (Å²) >= 11 is 0. The Morgan fingerprint density at radius 3 is 1.81 bits per heavy atom. The van der Waals surface area contributed by atoms with Gasteiger partial charge in [-0.15, -0.1) is 0 Å². The Bertz CT molecular complexity index is 743. The zero-order valence-electron chi connectivity index (χ0n) is 19.5. The Hall–Kier alpha value is -2.52. The molecule has 0 saturated carbocycles. The maximum atomic E-state index is 9.10. The molecular formula is C23H36N2O7. The van der Waals surface area contributed by atoms with Gasteiger partial charge in [-0.1, -0.05) is 6.92 Å². The van der Waals surface area contributed by atoms with Crippen LogP contribution in [-0.4, -0.2) is 85.5 Å². The fourth-order valence-electron chi connectivity index (χ4n) is 4.29. The summed E-state index contributed by atoms with van der Waals surface area (Å²) in [6.07, 6.45) is 5.26. The first-order chi connectivity index (χ1) is 15.3. The molecule has 1 aromatic rings. The van der Waals surface area contributed by atoms with E-state index >= 15 is 0 Å². The number of rotatable bonds is 6. The molecule has 32 heavy (non-hydrogen) atoms. The van der Waals surface area contributed by atoms with Gasteiger partial charge in [0.15, 0.2) is 11.5 Å². The number of piperidine rings is 2. The molecule has 0 radical (unpaired) electrons. The molecular weight excluding hydrogens is 416 g/mol. The van der Waals surface area contributed by atoms with Gasteiger partial charge in [-0.2, -0.15) is 0 Å². The summed E-state index contributed by atoms with van der Waals surface area (Å²) in [4.78, 5) is 23.5. The molecule has 0 bridgehead atoms. The highest BCUT2D eigenvalue weighted by atomic mass is 16.5. The van der Waals surface area contributed by atoms with E-state index in [2.05, 4.69) is 22.8 Å². The maximum absolute atomic E-state index is 9.10. The van der Waals surface area contributed by atoms with Crippen LogP contribution in [0.25, 0.3) is 0 Å². The molecule has 180 valence electrons. The van der Waals surface area contributed by atoms with Gasteiger partial charge in [-0.25, -0.2) is 9.59 Å². The molecule has 2 heterocycles. The molecule has 0 atom stereocenters. The number of ether oxygens (including phenoxy) is 3. The lowest BCUT2D eigenvalue weighted by Crippen LogP contribution is -2.47. The third kappa shape index (κ3) is 7.27. The van der Waals surface area contributed by atoms with Crippen LogP contribution in [0.4, 0.5) is 0 Å². The molecule has 9 nitrogen and oxygen atoms in total. The molecule has 3 rings (SSSR count). The number of carboxylic acid groups (broad SMARTS) is 2. The second kappa shape index (κ2) is 12.5. The molecule has 0 unspecified atom stereocenters. The van der Waals surface area contributed by atoms with Crippen LogP contribution < -0.4 is 14.2 Å². The van der Waals surface area contributed by atoms with Crippen molar-refractivity contribution in [2.75, 3.05) is 47.5 Å². The summed E-state index contributed by atoms with van der Waals surface area (Å²) in [5, 5.41) is 14.8. The van der Waals surface area contributed by atoms with Crippen LogP contribution in [0.5, 0.6) is 17.2 Å². The molecule has 1 aromatic carbocycles. The number of methoxy groups -OCH3 is 3. The fraction of sp³-hybridized carbons (Fsp3) is 0.652. The minimum Gasteiger partial charge on any atom is -0.496 e. The molecule has 2 fully saturated rings. The van der Waals surface area contributed by atoms with E-state index in [-0.39, 0.29) is 0 Å². The van der Waals surface area contributed by atoms with Crippen LogP contribution in [-0.2, 0) is 16.1 Å². The molecule has 2 aliphatic heterocycles. The van der Waals surface area contributed by atoms with E-state index in [4.69, 9.17) is 34.0 Å². The lowest BCUT2D eigenvalue weighted by Gasteiger charge is -2.41. The van der Waals surface area contributed by atoms with E-state index in [1.165, 1.54) is 38.8 Å². The molecule has 0 spiro atoms. The van der Waals surface area contributed by atoms with E-state index in [0.29, 0.717) is 5.75 Å². The lowest BCUT2D eigenvalue weighted by molar-refractivity contribution is -0.159. The summed E-state index contributed by atoms with van der Waals surface area (Å²) in [5.74, 6) is -0.393. The Labute approximate surface area is 189 Å². The predicted molar refractivity (Wildman–Crippen MR) is 120 cm³/mol. The highest BCUT2D eigenvalue weighted by molar-refractivity contribution is 6.27. The van der Waals surface area contributed by atoms with E-state index in [0.717, 1.165) is 48.7 Å². The number of aliphatic carboxylic acids is 2. The van der Waals surface area contributed by atoms with Gasteiger partial charge in [0.25, 0.3) is 0 Å². The molecule has 2 saturated heterocycles. The zero-order valence-corrected chi connectivity index (χ0v) is 19.5. The van der Waals surface area contributed by atoms with Crippen molar-refractivity contribution in [3.05, 3.63) is 17.7 Å². The largest absolute Gasteiger partial charge is 0.496 e. The molecule has 0 amide bonds. The number of nitrogens with zero attached hydrogens (tertiary/aromatic N) is 2. The first kappa shape index (κ1) is 25.7. The van der Waals surface area contributed by atoms with Crippen molar-refractivity contribution in [3.63, 3.8) is 0 Å². The Balaban J connectivity index is 0.000000534. The zero-order chi connectivity index (χ0) is 23.7. The van der Waals surface area contributed by atoms with Gasteiger partial charge in [0.2, 0.25) is 0 Å². The van der Waals surface area contributed by atoms with Crippen molar-refractivity contribution in [1.82, 2.24) is 9.80 Å². The van der Waals surface area contributed by atoms with Crippen LogP contribution >= 0.6 is 0 Å². The molecule has 2 N–H and O–H groups in total. The summed E-state index contributed by atoms with van der Waals surface area (Å²) in [7, 11) is 5.05. The van der Waals surface area contributed by atoms with E-state index in [9.17, 15) is 0 Å². The van der Waals surface area contributed by atoms with Crippen LogP contribution in [0.15, 0.2) is 12.1 Å². The Kier molecular flexibility index (Phi) is 10.1. The minimum atomic E-state index is -1.82. The van der Waals surface area contributed by atoms with Crippen molar-refractivity contribution in [3.8, 4) is 17.2 Å². The third-order valence-corrected chi connectivity index (χ3v) is 6.26. The second-order valence-electron chi connectivity index (χ2n) is 8.36. The first-order valence-electron chi connectivity index (χ1n) is 11.0. The quantitative estimate of drug-likeness (QED) is 0.630. The fourth-order valence-corrected chi connectivity index (χ4v) is 4.29. The summed E-state index contributed by atoms with van der Waals surface area (Å²) < 4.78 is 16.4. The smallest absolute Gasteiger partial charge is 0.414 e. The monoisotopic (exact) mass is 452 g/mol. The van der Waals surface area contributed by atoms with Gasteiger partial charge in [-0.05, 0) is 63.8 Å². The van der Waals surface area contributed by atoms with Crippen LogP contribution in [0.1, 0.15) is 38.2 Å². The second-order valence-corrected chi connectivity index (χ2v) is 8.36. The van der Waals surface area contributed by atoms with E-state index in [1.54, 1.807) is 21.3 Å². The lowest BCUT2D eigenvalue weighted by atomic mass is 9.95. The number of hydrogen-bond donors (Lipinski definition) is 2. The minimum absolute atomic E-state index is 0.714. The summed E-state index contributed by atoms with van der Waals surface area (Å²) in [5.41, 5.74) is 1.16. The van der Waals surface area contributed by atoms with Gasteiger partial charge < -0.3 is 29.3 Å². The third-order valence-electron chi connectivity index (χ3n) is 6.26. The molecule has 2 aliphatic rings. The predicted octanol–water partition coefficient (Wildman–Crippen LogP) is 2.56. The molecule has 0 aliphatic carbocycles. The summed E-state index contributed by atoms with van der Waals surface area (Å²) in [6, 6.07) is 4.75. The highest BCUT2D eigenvalue weighted by Gasteiger charge is 2.27. The Morgan fingerprint density at radius 2 is 1.34 bits per heavy atom. The number of benzene rings is 1. The topological polar surface area (TPSA) is 109 Å². The number of likely N-dealkylation sites (tertiary alicyclic amines) is 2. The van der Waals surface area contributed by atoms with Crippen LogP contribution in [0, 0.1) is 5.92 Å². The van der Waals surface area contributed by atoms with Crippen molar-refractivity contribution in [2.24, 2.45) is 5.92 Å². The van der Waals surface area contributed by atoms with E-state index in [1.807, 2.05) is 6.07 Å². The van der Waals surface area contributed by atoms with Gasteiger partial charge in [0.05, 0.1) is 21.3 Å². The van der Waals surface area contributed by atoms with E-state index < -0.39 is 11.9 Å². The Morgan fingerprint density at radius 1 is 0.844 bits per heavy atom. The first-order valence-corrected chi connectivity index (χ1v) is 11.0. The highest BCUT2D eigenvalue weighted by Crippen LogP contribution is 2.35. The van der Waals surface area contributed by atoms with Crippen molar-refractivity contribution < 1.29 is 34.0 Å². The van der Waals surface area contributed by atoms with Crippen LogP contribution in [0.3, 0.4) is 0 Å². The average molecular weight is 453 g/mol.